The molecule has 4 rings (SSSR count). The largest absolute Gasteiger partial charge is 0.341 e. The van der Waals surface area contributed by atoms with E-state index in [1.807, 2.05) is 24.0 Å². The predicted octanol–water partition coefficient (Wildman–Crippen LogP) is 3.19. The number of nitrogens with zero attached hydrogens (tertiary/aromatic N) is 3. The van der Waals surface area contributed by atoms with Gasteiger partial charge < -0.3 is 4.90 Å². The van der Waals surface area contributed by atoms with Crippen molar-refractivity contribution in [2.75, 3.05) is 39.3 Å². The van der Waals surface area contributed by atoms with Gasteiger partial charge in [-0.3, -0.25) is 9.69 Å². The Bertz CT molecular complexity index is 991. The molecule has 6 nitrogen and oxygen atoms in total. The van der Waals surface area contributed by atoms with Crippen molar-refractivity contribution in [3.63, 3.8) is 0 Å². The van der Waals surface area contributed by atoms with Gasteiger partial charge in [-0.25, -0.2) is 8.42 Å². The minimum atomic E-state index is -3.52. The molecular weight excluding hydrogens is 430 g/mol. The van der Waals surface area contributed by atoms with E-state index in [4.69, 9.17) is 0 Å². The average molecular weight is 462 g/mol. The number of benzene rings is 1. The molecule has 0 spiro atoms. The number of hydrogen-bond donors (Lipinski definition) is 0. The fourth-order valence-corrected chi connectivity index (χ4v) is 7.45. The number of rotatable bonds is 5. The number of carbonyl (C=O) groups is 1. The number of carbonyl (C=O) groups excluding carboxylic acids is 1. The van der Waals surface area contributed by atoms with Gasteiger partial charge in [0.05, 0.1) is 5.92 Å². The topological polar surface area (TPSA) is 60.9 Å². The van der Waals surface area contributed by atoms with Gasteiger partial charge >= 0.3 is 0 Å². The third-order valence-electron chi connectivity index (χ3n) is 6.19. The first-order chi connectivity index (χ1) is 14.9. The Kier molecular flexibility index (Phi) is 7.11. The van der Waals surface area contributed by atoms with Gasteiger partial charge in [0.2, 0.25) is 5.91 Å². The quantitative estimate of drug-likeness (QED) is 0.686. The molecule has 1 aromatic carbocycles. The first kappa shape index (κ1) is 22.5. The van der Waals surface area contributed by atoms with Gasteiger partial charge in [-0.05, 0) is 43.9 Å². The van der Waals surface area contributed by atoms with Crippen molar-refractivity contribution in [3.05, 3.63) is 52.9 Å². The fraction of sp³-hybridized carbons (Fsp3) is 0.522. The highest BCUT2D eigenvalue weighted by Crippen LogP contribution is 2.29. The Balaban J connectivity index is 1.36. The summed E-state index contributed by atoms with van der Waals surface area (Å²) in [6.07, 6.45) is 2.44. The molecule has 8 heteroatoms. The third kappa shape index (κ3) is 5.37. The van der Waals surface area contributed by atoms with Crippen molar-refractivity contribution < 1.29 is 13.2 Å². The van der Waals surface area contributed by atoms with Gasteiger partial charge in [-0.1, -0.05) is 30.3 Å². The second-order valence-electron chi connectivity index (χ2n) is 8.51. The minimum absolute atomic E-state index is 0.115. The zero-order chi connectivity index (χ0) is 21.8. The molecule has 2 fully saturated rings. The lowest BCUT2D eigenvalue weighted by atomic mass is 9.98. The van der Waals surface area contributed by atoms with Crippen LogP contribution in [-0.2, 0) is 21.4 Å². The Morgan fingerprint density at radius 2 is 1.81 bits per heavy atom. The summed E-state index contributed by atoms with van der Waals surface area (Å²) in [6.45, 7) is 6.88. The monoisotopic (exact) mass is 461 g/mol. The van der Waals surface area contributed by atoms with Gasteiger partial charge in [0.25, 0.3) is 10.0 Å². The van der Waals surface area contributed by atoms with Crippen molar-refractivity contribution in [1.29, 1.82) is 0 Å². The maximum absolute atomic E-state index is 13.3. The van der Waals surface area contributed by atoms with E-state index in [-0.39, 0.29) is 11.8 Å². The van der Waals surface area contributed by atoms with Gasteiger partial charge in [-0.15, -0.1) is 11.3 Å². The maximum atomic E-state index is 13.3. The summed E-state index contributed by atoms with van der Waals surface area (Å²) in [5.74, 6) is -0.130. The lowest BCUT2D eigenvalue weighted by molar-refractivity contribution is -0.136. The van der Waals surface area contributed by atoms with Crippen LogP contribution in [0.15, 0.2) is 46.7 Å². The Morgan fingerprint density at radius 1 is 1.00 bits per heavy atom. The van der Waals surface area contributed by atoms with E-state index in [2.05, 4.69) is 29.2 Å². The molecule has 1 aromatic heterocycles. The van der Waals surface area contributed by atoms with E-state index in [1.165, 1.54) is 21.2 Å². The van der Waals surface area contributed by atoms with Crippen molar-refractivity contribution >= 4 is 27.3 Å². The van der Waals surface area contributed by atoms with Crippen LogP contribution in [0.4, 0.5) is 0 Å². The summed E-state index contributed by atoms with van der Waals surface area (Å²) in [6, 6.07) is 13.9. The number of aryl methyl sites for hydroxylation is 1. The second kappa shape index (κ2) is 9.81. The Morgan fingerprint density at radius 3 is 2.55 bits per heavy atom. The SMILES string of the molecule is Cc1ccc(S(=O)(=O)N2CCCC(C(=O)N3CCCN(Cc4ccccc4)CC3)C2)s1. The highest BCUT2D eigenvalue weighted by molar-refractivity contribution is 7.91. The average Bonchev–Trinajstić information content (AvgIpc) is 3.10. The molecular formula is C23H31N3O3S2. The van der Waals surface area contributed by atoms with E-state index in [9.17, 15) is 13.2 Å². The van der Waals surface area contributed by atoms with E-state index < -0.39 is 10.0 Å². The molecule has 1 amide bonds. The third-order valence-corrected chi connectivity index (χ3v) is 9.53. The molecule has 3 heterocycles. The fourth-order valence-electron chi connectivity index (χ4n) is 4.49. The maximum Gasteiger partial charge on any atom is 0.252 e. The van der Waals surface area contributed by atoms with Crippen LogP contribution in [-0.4, -0.2) is 67.7 Å². The molecule has 168 valence electrons. The van der Waals surface area contributed by atoms with Crippen LogP contribution >= 0.6 is 11.3 Å². The second-order valence-corrected chi connectivity index (χ2v) is 12.0. The number of piperidine rings is 1. The molecule has 0 saturated carbocycles. The molecule has 2 aliphatic heterocycles. The van der Waals surface area contributed by atoms with Gasteiger partial charge in [0.1, 0.15) is 4.21 Å². The van der Waals surface area contributed by atoms with Crippen molar-refractivity contribution in [3.8, 4) is 0 Å². The predicted molar refractivity (Wildman–Crippen MR) is 123 cm³/mol. The van der Waals surface area contributed by atoms with Gasteiger partial charge in [0, 0.05) is 50.7 Å². The van der Waals surface area contributed by atoms with E-state index in [1.54, 1.807) is 6.07 Å². The van der Waals surface area contributed by atoms with E-state index in [0.29, 0.717) is 23.8 Å². The van der Waals surface area contributed by atoms with E-state index in [0.717, 1.165) is 50.3 Å². The Labute approximate surface area is 189 Å². The zero-order valence-corrected chi connectivity index (χ0v) is 19.7. The van der Waals surface area contributed by atoms with Crippen LogP contribution in [0.3, 0.4) is 0 Å². The summed E-state index contributed by atoms with van der Waals surface area (Å²) >= 11 is 1.30. The molecule has 0 N–H and O–H groups in total. The molecule has 2 aliphatic rings. The van der Waals surface area contributed by atoms with Crippen molar-refractivity contribution in [1.82, 2.24) is 14.1 Å². The summed E-state index contributed by atoms with van der Waals surface area (Å²) in [4.78, 5) is 18.6. The Hall–Kier alpha value is -1.74. The van der Waals surface area contributed by atoms with Crippen molar-refractivity contribution in [2.45, 2.75) is 36.9 Å². The minimum Gasteiger partial charge on any atom is -0.341 e. The van der Waals surface area contributed by atoms with E-state index >= 15 is 0 Å². The summed E-state index contributed by atoms with van der Waals surface area (Å²) in [5.41, 5.74) is 1.29. The normalized spacial score (nSPS) is 21.7. The molecule has 0 radical (unpaired) electrons. The molecule has 1 atom stereocenters. The molecule has 31 heavy (non-hydrogen) atoms. The molecule has 2 saturated heterocycles. The van der Waals surface area contributed by atoms with Crippen LogP contribution in [0, 0.1) is 12.8 Å². The van der Waals surface area contributed by atoms with Crippen LogP contribution in [0.2, 0.25) is 0 Å². The first-order valence-corrected chi connectivity index (χ1v) is 13.3. The number of hydrogen-bond acceptors (Lipinski definition) is 5. The molecule has 0 bridgehead atoms. The lowest BCUT2D eigenvalue weighted by Gasteiger charge is -2.33. The van der Waals surface area contributed by atoms with Crippen LogP contribution in [0.25, 0.3) is 0 Å². The highest BCUT2D eigenvalue weighted by atomic mass is 32.2. The van der Waals surface area contributed by atoms with Crippen LogP contribution < -0.4 is 0 Å². The summed E-state index contributed by atoms with van der Waals surface area (Å²) in [7, 11) is -3.52. The number of thiophene rings is 1. The highest BCUT2D eigenvalue weighted by Gasteiger charge is 2.36. The standard InChI is InChI=1S/C23H31N3O3S2/c1-19-10-11-22(30-19)31(28,29)26-14-5-9-21(18-26)23(27)25-13-6-12-24(15-16-25)17-20-7-3-2-4-8-20/h2-4,7-8,10-11,21H,5-6,9,12-18H2,1H3. The lowest BCUT2D eigenvalue weighted by Crippen LogP contribution is -2.47. The summed E-state index contributed by atoms with van der Waals surface area (Å²) < 4.78 is 27.9. The number of amides is 1. The van der Waals surface area contributed by atoms with Gasteiger partial charge in [0.15, 0.2) is 0 Å². The van der Waals surface area contributed by atoms with Crippen LogP contribution in [0.5, 0.6) is 0 Å². The summed E-state index contributed by atoms with van der Waals surface area (Å²) in [5, 5.41) is 0. The van der Waals surface area contributed by atoms with Gasteiger partial charge in [-0.2, -0.15) is 4.31 Å². The smallest absolute Gasteiger partial charge is 0.252 e. The number of sulfonamides is 1. The molecule has 1 unspecified atom stereocenters. The molecule has 0 aliphatic carbocycles. The van der Waals surface area contributed by atoms with Crippen molar-refractivity contribution in [2.24, 2.45) is 5.92 Å². The molecule has 2 aromatic rings. The van der Waals surface area contributed by atoms with Crippen LogP contribution in [0.1, 0.15) is 29.7 Å². The zero-order valence-electron chi connectivity index (χ0n) is 18.1. The first-order valence-electron chi connectivity index (χ1n) is 11.0.